The molecule has 0 rings (SSSR count). The van der Waals surface area contributed by atoms with Gasteiger partial charge in [-0.15, -0.1) is 0 Å². The molecule has 2 N–H and O–H groups in total. The van der Waals surface area contributed by atoms with Gasteiger partial charge >= 0.3 is 0 Å². The first-order valence-electron chi connectivity index (χ1n) is 5.71. The molecule has 0 fully saturated rings. The van der Waals surface area contributed by atoms with Gasteiger partial charge in [-0.05, 0) is 18.8 Å². The van der Waals surface area contributed by atoms with Crippen molar-refractivity contribution in [3.8, 4) is 0 Å². The Bertz CT molecular complexity index is 110. The van der Waals surface area contributed by atoms with Gasteiger partial charge in [0.05, 0.1) is 0 Å². The zero-order chi connectivity index (χ0) is 9.94. The van der Waals surface area contributed by atoms with E-state index in [2.05, 4.69) is 26.0 Å². The summed E-state index contributed by atoms with van der Waals surface area (Å²) in [6, 6.07) is 0. The lowest BCUT2D eigenvalue weighted by Gasteiger charge is -2.10. The Balaban J connectivity index is 3.66. The Morgan fingerprint density at radius 1 is 1.08 bits per heavy atom. The standard InChI is InChI=1S/C12H25N/c1-3-5-8-12(9-6-4-2)10-7-11-13/h7,10,12H,3-6,8-9,11,13H2,1-2H3. The lowest BCUT2D eigenvalue weighted by molar-refractivity contribution is 0.496. The lowest BCUT2D eigenvalue weighted by atomic mass is 9.95. The molecule has 0 radical (unpaired) electrons. The third kappa shape index (κ3) is 8.04. The maximum Gasteiger partial charge on any atom is 0.0106 e. The van der Waals surface area contributed by atoms with Gasteiger partial charge in [-0.25, -0.2) is 0 Å². The van der Waals surface area contributed by atoms with Crippen molar-refractivity contribution in [2.45, 2.75) is 52.4 Å². The van der Waals surface area contributed by atoms with Crippen LogP contribution in [-0.2, 0) is 0 Å². The topological polar surface area (TPSA) is 26.0 Å². The normalized spacial score (nSPS) is 11.7. The number of allylic oxidation sites excluding steroid dienone is 1. The highest BCUT2D eigenvalue weighted by Gasteiger charge is 2.02. The smallest absolute Gasteiger partial charge is 0.0106 e. The van der Waals surface area contributed by atoms with E-state index in [1.165, 1.54) is 38.5 Å². The van der Waals surface area contributed by atoms with Crippen LogP contribution in [0.3, 0.4) is 0 Å². The molecule has 0 bridgehead atoms. The van der Waals surface area contributed by atoms with Gasteiger partial charge in [-0.1, -0.05) is 51.7 Å². The molecule has 0 saturated heterocycles. The predicted octanol–water partition coefficient (Wildman–Crippen LogP) is 3.50. The van der Waals surface area contributed by atoms with Crippen LogP contribution < -0.4 is 5.73 Å². The molecule has 0 saturated carbocycles. The summed E-state index contributed by atoms with van der Waals surface area (Å²) >= 11 is 0. The van der Waals surface area contributed by atoms with E-state index in [9.17, 15) is 0 Å². The molecule has 0 heterocycles. The van der Waals surface area contributed by atoms with Gasteiger partial charge in [0, 0.05) is 6.54 Å². The van der Waals surface area contributed by atoms with Crippen LogP contribution in [0.25, 0.3) is 0 Å². The van der Waals surface area contributed by atoms with Crippen molar-refractivity contribution in [3.63, 3.8) is 0 Å². The van der Waals surface area contributed by atoms with Crippen LogP contribution in [0.1, 0.15) is 52.4 Å². The van der Waals surface area contributed by atoms with Crippen molar-refractivity contribution in [2.24, 2.45) is 11.7 Å². The molecule has 0 atom stereocenters. The van der Waals surface area contributed by atoms with Gasteiger partial charge in [0.25, 0.3) is 0 Å². The maximum atomic E-state index is 5.45. The Labute approximate surface area is 83.4 Å². The fourth-order valence-electron chi connectivity index (χ4n) is 1.54. The van der Waals surface area contributed by atoms with Gasteiger partial charge in [0.15, 0.2) is 0 Å². The molecule has 0 aromatic heterocycles. The minimum Gasteiger partial charge on any atom is -0.327 e. The molecule has 13 heavy (non-hydrogen) atoms. The zero-order valence-corrected chi connectivity index (χ0v) is 9.26. The van der Waals surface area contributed by atoms with Crippen molar-refractivity contribution < 1.29 is 0 Å². The van der Waals surface area contributed by atoms with Crippen molar-refractivity contribution in [1.29, 1.82) is 0 Å². The lowest BCUT2D eigenvalue weighted by Crippen LogP contribution is -1.99. The first kappa shape index (κ1) is 12.7. The van der Waals surface area contributed by atoms with Crippen molar-refractivity contribution in [2.75, 3.05) is 6.54 Å². The van der Waals surface area contributed by atoms with Gasteiger partial charge in [-0.2, -0.15) is 0 Å². The summed E-state index contributed by atoms with van der Waals surface area (Å²) in [6.45, 7) is 5.20. The van der Waals surface area contributed by atoms with Crippen LogP contribution in [0.4, 0.5) is 0 Å². The number of hydrogen-bond acceptors (Lipinski definition) is 1. The summed E-state index contributed by atoms with van der Waals surface area (Å²) < 4.78 is 0. The highest BCUT2D eigenvalue weighted by atomic mass is 14.5. The van der Waals surface area contributed by atoms with Gasteiger partial charge in [-0.3, -0.25) is 0 Å². The van der Waals surface area contributed by atoms with Crippen LogP contribution in [-0.4, -0.2) is 6.54 Å². The molecule has 1 heteroatoms. The molecule has 0 aromatic carbocycles. The number of unbranched alkanes of at least 4 members (excludes halogenated alkanes) is 2. The summed E-state index contributed by atoms with van der Waals surface area (Å²) in [6.07, 6.45) is 12.4. The minimum absolute atomic E-state index is 0.689. The molecule has 0 unspecified atom stereocenters. The molecule has 0 aliphatic rings. The summed E-state index contributed by atoms with van der Waals surface area (Å²) in [5.74, 6) is 0.781. The second-order valence-electron chi connectivity index (χ2n) is 3.71. The highest BCUT2D eigenvalue weighted by molar-refractivity contribution is 4.88. The average molecular weight is 183 g/mol. The molecular formula is C12H25N. The van der Waals surface area contributed by atoms with Crippen LogP contribution in [0.5, 0.6) is 0 Å². The molecule has 78 valence electrons. The van der Waals surface area contributed by atoms with E-state index in [-0.39, 0.29) is 0 Å². The van der Waals surface area contributed by atoms with Crippen molar-refractivity contribution in [3.05, 3.63) is 12.2 Å². The minimum atomic E-state index is 0.689. The molecule has 1 nitrogen and oxygen atoms in total. The van der Waals surface area contributed by atoms with Crippen LogP contribution in [0.2, 0.25) is 0 Å². The Morgan fingerprint density at radius 3 is 2.00 bits per heavy atom. The number of nitrogens with two attached hydrogens (primary N) is 1. The summed E-state index contributed by atoms with van der Waals surface area (Å²) in [5, 5.41) is 0. The Hall–Kier alpha value is -0.300. The van der Waals surface area contributed by atoms with E-state index in [0.29, 0.717) is 6.54 Å². The van der Waals surface area contributed by atoms with E-state index >= 15 is 0 Å². The molecule has 0 spiro atoms. The van der Waals surface area contributed by atoms with Crippen molar-refractivity contribution >= 4 is 0 Å². The quantitative estimate of drug-likeness (QED) is 0.573. The summed E-state index contributed by atoms with van der Waals surface area (Å²) in [7, 11) is 0. The van der Waals surface area contributed by atoms with Gasteiger partial charge in [0.1, 0.15) is 0 Å². The largest absolute Gasteiger partial charge is 0.327 e. The van der Waals surface area contributed by atoms with Crippen LogP contribution in [0.15, 0.2) is 12.2 Å². The second-order valence-corrected chi connectivity index (χ2v) is 3.71. The molecule has 0 aliphatic carbocycles. The average Bonchev–Trinajstić information content (AvgIpc) is 2.17. The number of rotatable bonds is 8. The summed E-state index contributed by atoms with van der Waals surface area (Å²) in [4.78, 5) is 0. The molecular weight excluding hydrogens is 158 g/mol. The van der Waals surface area contributed by atoms with E-state index < -0.39 is 0 Å². The van der Waals surface area contributed by atoms with Crippen molar-refractivity contribution in [1.82, 2.24) is 0 Å². The third-order valence-electron chi connectivity index (χ3n) is 2.40. The second kappa shape index (κ2) is 9.79. The molecule has 0 aliphatic heterocycles. The van der Waals surface area contributed by atoms with Crippen LogP contribution >= 0.6 is 0 Å². The highest BCUT2D eigenvalue weighted by Crippen LogP contribution is 2.17. The predicted molar refractivity (Wildman–Crippen MR) is 60.7 cm³/mol. The SMILES string of the molecule is CCCCC(C=CCN)CCCC. The zero-order valence-electron chi connectivity index (χ0n) is 9.26. The van der Waals surface area contributed by atoms with E-state index in [0.717, 1.165) is 5.92 Å². The maximum absolute atomic E-state index is 5.45. The van der Waals surface area contributed by atoms with E-state index in [4.69, 9.17) is 5.73 Å². The van der Waals surface area contributed by atoms with Gasteiger partial charge in [0.2, 0.25) is 0 Å². The third-order valence-corrected chi connectivity index (χ3v) is 2.40. The van der Waals surface area contributed by atoms with Crippen LogP contribution in [0, 0.1) is 5.92 Å². The molecule has 0 amide bonds. The molecule has 0 aromatic rings. The monoisotopic (exact) mass is 183 g/mol. The van der Waals surface area contributed by atoms with E-state index in [1.54, 1.807) is 0 Å². The Kier molecular flexibility index (Phi) is 9.56. The Morgan fingerprint density at radius 2 is 1.62 bits per heavy atom. The fraction of sp³-hybridized carbons (Fsp3) is 0.833. The summed E-state index contributed by atoms with van der Waals surface area (Å²) in [5.41, 5.74) is 5.45. The van der Waals surface area contributed by atoms with E-state index in [1.807, 2.05) is 0 Å². The first-order valence-corrected chi connectivity index (χ1v) is 5.71. The first-order chi connectivity index (χ1) is 6.35. The number of hydrogen-bond donors (Lipinski definition) is 1. The van der Waals surface area contributed by atoms with Gasteiger partial charge < -0.3 is 5.73 Å². The fourth-order valence-corrected chi connectivity index (χ4v) is 1.54.